The first-order valence-corrected chi connectivity index (χ1v) is 9.64. The van der Waals surface area contributed by atoms with E-state index in [4.69, 9.17) is 4.74 Å². The van der Waals surface area contributed by atoms with Crippen molar-refractivity contribution in [1.82, 2.24) is 4.57 Å². The van der Waals surface area contributed by atoms with Crippen molar-refractivity contribution in [2.75, 3.05) is 11.9 Å². The zero-order valence-corrected chi connectivity index (χ0v) is 17.9. The van der Waals surface area contributed by atoms with E-state index in [1.807, 2.05) is 26.0 Å². The molecule has 2 aromatic rings. The van der Waals surface area contributed by atoms with Crippen LogP contribution < -0.4 is 5.32 Å². The second kappa shape index (κ2) is 9.88. The van der Waals surface area contributed by atoms with Crippen molar-refractivity contribution < 1.29 is 18.7 Å². The summed E-state index contributed by atoms with van der Waals surface area (Å²) in [7, 11) is 0. The summed E-state index contributed by atoms with van der Waals surface area (Å²) in [5, 5.41) is 11.8. The van der Waals surface area contributed by atoms with Crippen LogP contribution in [0.3, 0.4) is 0 Å². The summed E-state index contributed by atoms with van der Waals surface area (Å²) < 4.78 is 20.6. The number of aryl methyl sites for hydroxylation is 2. The van der Waals surface area contributed by atoms with Crippen LogP contribution in [0.5, 0.6) is 0 Å². The Bertz CT molecular complexity index is 1030. The Labute approximate surface area is 176 Å². The molecule has 6 nitrogen and oxygen atoms in total. The van der Waals surface area contributed by atoms with Gasteiger partial charge in [0.1, 0.15) is 17.5 Å². The smallest absolute Gasteiger partial charge is 0.349 e. The van der Waals surface area contributed by atoms with E-state index in [0.717, 1.165) is 23.5 Å². The van der Waals surface area contributed by atoms with Crippen LogP contribution in [-0.4, -0.2) is 23.1 Å². The maximum atomic E-state index is 13.6. The summed E-state index contributed by atoms with van der Waals surface area (Å²) >= 11 is 0. The summed E-state index contributed by atoms with van der Waals surface area (Å²) in [4.78, 5) is 24.2. The van der Waals surface area contributed by atoms with Crippen molar-refractivity contribution in [2.45, 2.75) is 41.2 Å². The van der Waals surface area contributed by atoms with Crippen molar-refractivity contribution in [3.8, 4) is 6.07 Å². The number of hydrogen-bond acceptors (Lipinski definition) is 4. The summed E-state index contributed by atoms with van der Waals surface area (Å²) in [6.07, 6.45) is 1.47. The number of ether oxygens (including phenoxy) is 1. The van der Waals surface area contributed by atoms with E-state index < -0.39 is 24.3 Å². The molecule has 0 spiro atoms. The van der Waals surface area contributed by atoms with Gasteiger partial charge in [-0.05, 0) is 62.1 Å². The second-order valence-electron chi connectivity index (χ2n) is 7.59. The van der Waals surface area contributed by atoms with E-state index in [-0.39, 0.29) is 11.3 Å². The van der Waals surface area contributed by atoms with Crippen molar-refractivity contribution in [1.29, 1.82) is 5.26 Å². The van der Waals surface area contributed by atoms with Gasteiger partial charge in [0.25, 0.3) is 5.91 Å². The van der Waals surface area contributed by atoms with Gasteiger partial charge in [0.15, 0.2) is 6.61 Å². The van der Waals surface area contributed by atoms with Gasteiger partial charge in [-0.25, -0.2) is 9.18 Å². The van der Waals surface area contributed by atoms with Crippen molar-refractivity contribution in [2.24, 2.45) is 5.92 Å². The van der Waals surface area contributed by atoms with E-state index in [1.165, 1.54) is 18.2 Å². The van der Waals surface area contributed by atoms with Gasteiger partial charge in [0.2, 0.25) is 0 Å². The van der Waals surface area contributed by atoms with E-state index in [0.29, 0.717) is 11.5 Å². The van der Waals surface area contributed by atoms with E-state index in [1.54, 1.807) is 13.0 Å². The fourth-order valence-corrected chi connectivity index (χ4v) is 2.99. The van der Waals surface area contributed by atoms with Crippen molar-refractivity contribution >= 4 is 23.6 Å². The average Bonchev–Trinajstić information content (AvgIpc) is 2.94. The first-order valence-electron chi connectivity index (χ1n) is 9.64. The second-order valence-corrected chi connectivity index (χ2v) is 7.59. The molecule has 1 amide bonds. The highest BCUT2D eigenvalue weighted by atomic mass is 19.1. The number of nitrogens with one attached hydrogen (secondary N) is 1. The molecule has 0 bridgehead atoms. The molecule has 0 saturated carbocycles. The largest absolute Gasteiger partial charge is 0.451 e. The van der Waals surface area contributed by atoms with Crippen LogP contribution in [0.1, 0.15) is 36.4 Å². The first kappa shape index (κ1) is 22.9. The highest BCUT2D eigenvalue weighted by Gasteiger charge is 2.16. The molecule has 158 valence electrons. The highest BCUT2D eigenvalue weighted by Crippen LogP contribution is 2.20. The normalized spacial score (nSPS) is 11.3. The number of halogens is 1. The van der Waals surface area contributed by atoms with E-state index in [2.05, 4.69) is 23.7 Å². The lowest BCUT2D eigenvalue weighted by Gasteiger charge is -2.12. The molecule has 2 rings (SSSR count). The van der Waals surface area contributed by atoms with Crippen molar-refractivity contribution in [3.05, 3.63) is 58.2 Å². The van der Waals surface area contributed by atoms with E-state index >= 15 is 0 Å². The molecule has 0 aliphatic heterocycles. The number of nitrogens with zero attached hydrogens (tertiary/aromatic N) is 2. The molecular weight excluding hydrogens is 385 g/mol. The Kier molecular flexibility index (Phi) is 7.54. The van der Waals surface area contributed by atoms with Crippen LogP contribution in [0.25, 0.3) is 6.08 Å². The van der Waals surface area contributed by atoms with Gasteiger partial charge in [0, 0.05) is 23.6 Å². The topological polar surface area (TPSA) is 84.1 Å². The van der Waals surface area contributed by atoms with Crippen LogP contribution in [0.2, 0.25) is 0 Å². The zero-order valence-electron chi connectivity index (χ0n) is 17.9. The maximum Gasteiger partial charge on any atom is 0.349 e. The van der Waals surface area contributed by atoms with Gasteiger partial charge in [-0.2, -0.15) is 5.26 Å². The monoisotopic (exact) mass is 411 g/mol. The third kappa shape index (κ3) is 5.80. The molecule has 0 radical (unpaired) electrons. The molecule has 0 aliphatic carbocycles. The van der Waals surface area contributed by atoms with Crippen LogP contribution in [0, 0.1) is 43.8 Å². The Hall–Kier alpha value is -3.40. The van der Waals surface area contributed by atoms with Gasteiger partial charge in [0.05, 0.1) is 0 Å². The molecule has 1 heterocycles. The minimum Gasteiger partial charge on any atom is -0.451 e. The lowest BCUT2D eigenvalue weighted by molar-refractivity contribution is -0.142. The number of anilines is 1. The van der Waals surface area contributed by atoms with Gasteiger partial charge >= 0.3 is 5.97 Å². The zero-order chi connectivity index (χ0) is 22.4. The molecule has 7 heteroatoms. The molecule has 0 saturated heterocycles. The summed E-state index contributed by atoms with van der Waals surface area (Å²) in [5.74, 6) is -1.52. The van der Waals surface area contributed by atoms with Gasteiger partial charge in [-0.1, -0.05) is 19.9 Å². The van der Waals surface area contributed by atoms with E-state index in [9.17, 15) is 19.2 Å². The van der Waals surface area contributed by atoms with Gasteiger partial charge in [-0.15, -0.1) is 0 Å². The quantitative estimate of drug-likeness (QED) is 0.418. The number of hydrogen-bond donors (Lipinski definition) is 1. The summed E-state index contributed by atoms with van der Waals surface area (Å²) in [5.41, 5.74) is 3.24. The number of rotatable bonds is 7. The molecule has 0 unspecified atom stereocenters. The Balaban J connectivity index is 2.05. The van der Waals surface area contributed by atoms with Gasteiger partial charge < -0.3 is 14.6 Å². The average molecular weight is 411 g/mol. The molecule has 0 fully saturated rings. The fraction of sp³-hybridized carbons (Fsp3) is 0.348. The summed E-state index contributed by atoms with van der Waals surface area (Å²) in [6.45, 7) is 9.98. The molecule has 1 N–H and O–H groups in total. The van der Waals surface area contributed by atoms with Crippen LogP contribution in [-0.2, 0) is 20.9 Å². The number of nitriles is 1. The maximum absolute atomic E-state index is 13.6. The number of esters is 1. The number of benzene rings is 1. The predicted octanol–water partition coefficient (Wildman–Crippen LogP) is 4.30. The Morgan fingerprint density at radius 1 is 1.27 bits per heavy atom. The lowest BCUT2D eigenvalue weighted by Crippen LogP contribution is -2.21. The third-order valence-corrected chi connectivity index (χ3v) is 4.59. The fourth-order valence-electron chi connectivity index (χ4n) is 2.99. The molecule has 0 aliphatic rings. The van der Waals surface area contributed by atoms with Crippen LogP contribution >= 0.6 is 0 Å². The van der Waals surface area contributed by atoms with Crippen LogP contribution in [0.15, 0.2) is 29.8 Å². The standard InChI is InChI=1S/C23H26FN3O3/c1-14(2)12-27-16(4)8-18(17(27)5)9-19(11-25)23(29)30-13-22(28)26-20-7-6-15(3)21(24)10-20/h6-10,14H,12-13H2,1-5H3,(H,26,28)/b19-9+. The molecule has 1 aromatic heterocycles. The molecule has 30 heavy (non-hydrogen) atoms. The number of carbonyl (C=O) groups is 2. The number of carbonyl (C=O) groups excluding carboxylic acids is 2. The predicted molar refractivity (Wildman–Crippen MR) is 113 cm³/mol. The minimum absolute atomic E-state index is 0.200. The third-order valence-electron chi connectivity index (χ3n) is 4.59. The summed E-state index contributed by atoms with van der Waals surface area (Å²) in [6, 6.07) is 8.00. The van der Waals surface area contributed by atoms with Crippen molar-refractivity contribution in [3.63, 3.8) is 0 Å². The Morgan fingerprint density at radius 3 is 2.57 bits per heavy atom. The molecule has 1 aromatic carbocycles. The minimum atomic E-state index is -0.892. The van der Waals surface area contributed by atoms with Gasteiger partial charge in [-0.3, -0.25) is 4.79 Å². The molecule has 0 atom stereocenters. The number of aromatic nitrogens is 1. The number of amides is 1. The lowest BCUT2D eigenvalue weighted by atomic mass is 10.1. The Morgan fingerprint density at radius 2 is 1.97 bits per heavy atom. The molecular formula is C23H26FN3O3. The highest BCUT2D eigenvalue weighted by molar-refractivity contribution is 6.00. The van der Waals surface area contributed by atoms with Crippen LogP contribution in [0.4, 0.5) is 10.1 Å². The first-order chi connectivity index (χ1) is 14.1. The SMILES string of the molecule is Cc1ccc(NC(=O)COC(=O)/C(C#N)=C/c2cc(C)n(CC(C)C)c2C)cc1F.